The van der Waals surface area contributed by atoms with E-state index in [1.54, 1.807) is 18.9 Å². The number of hydrogen-bond donors (Lipinski definition) is 1. The zero-order valence-electron chi connectivity index (χ0n) is 14.5. The van der Waals surface area contributed by atoms with Crippen molar-refractivity contribution in [2.24, 2.45) is 5.73 Å². The van der Waals surface area contributed by atoms with E-state index in [1.165, 1.54) is 0 Å². The second kappa shape index (κ2) is 5.60. The maximum Gasteiger partial charge on any atom is 0.267 e. The third kappa shape index (κ3) is 2.37. The van der Waals surface area contributed by atoms with E-state index in [4.69, 9.17) is 15.5 Å². The third-order valence-electron chi connectivity index (χ3n) is 4.63. The molecule has 1 atom stereocenters. The lowest BCUT2D eigenvalue weighted by atomic mass is 10.1. The van der Waals surface area contributed by atoms with Crippen LogP contribution >= 0.6 is 0 Å². The number of carbonyl (C=O) groups excluding carboxylic acids is 1. The molecule has 1 aliphatic rings. The summed E-state index contributed by atoms with van der Waals surface area (Å²) in [6, 6.07) is 9.80. The van der Waals surface area contributed by atoms with Gasteiger partial charge < -0.3 is 19.8 Å². The Morgan fingerprint density at radius 3 is 2.84 bits per heavy atom. The summed E-state index contributed by atoms with van der Waals surface area (Å²) in [5, 5.41) is 0. The second-order valence-electron chi connectivity index (χ2n) is 6.39. The van der Waals surface area contributed by atoms with Gasteiger partial charge >= 0.3 is 0 Å². The molecule has 0 radical (unpaired) electrons. The molecule has 2 aromatic heterocycles. The monoisotopic (exact) mass is 336 g/mol. The number of ether oxygens (including phenoxy) is 1. The van der Waals surface area contributed by atoms with Crippen LogP contribution in [0.2, 0.25) is 0 Å². The standard InChI is InChI=1S/C19H20N4O2/c1-11-4-7-17-21-18(15(9-20)23(17)10-11)13-5-6-16-14(8-13)22(3)19(24)12(2)25-16/h4-8,10,12H,9,20H2,1-3H3. The molecule has 1 aromatic carbocycles. The lowest BCUT2D eigenvalue weighted by Gasteiger charge is -2.30. The Hall–Kier alpha value is -2.86. The van der Waals surface area contributed by atoms with Crippen LogP contribution in [0.4, 0.5) is 5.69 Å². The molecule has 3 aromatic rings. The van der Waals surface area contributed by atoms with Gasteiger partial charge in [0, 0.05) is 25.4 Å². The van der Waals surface area contributed by atoms with Gasteiger partial charge in [0.15, 0.2) is 6.10 Å². The van der Waals surface area contributed by atoms with Gasteiger partial charge in [0.25, 0.3) is 5.91 Å². The number of fused-ring (bicyclic) bond motifs is 2. The molecule has 0 aliphatic carbocycles. The van der Waals surface area contributed by atoms with E-state index in [2.05, 4.69) is 0 Å². The zero-order valence-corrected chi connectivity index (χ0v) is 14.5. The largest absolute Gasteiger partial charge is 0.479 e. The van der Waals surface area contributed by atoms with Crippen LogP contribution in [0.3, 0.4) is 0 Å². The number of aromatic nitrogens is 2. The molecule has 2 N–H and O–H groups in total. The number of nitrogens with two attached hydrogens (primary N) is 1. The summed E-state index contributed by atoms with van der Waals surface area (Å²) in [7, 11) is 1.76. The average molecular weight is 336 g/mol. The molecular formula is C19H20N4O2. The van der Waals surface area contributed by atoms with Gasteiger partial charge in [-0.15, -0.1) is 0 Å². The molecule has 0 saturated carbocycles. The van der Waals surface area contributed by atoms with E-state index in [9.17, 15) is 4.79 Å². The van der Waals surface area contributed by atoms with Crippen LogP contribution in [0.1, 0.15) is 18.2 Å². The second-order valence-corrected chi connectivity index (χ2v) is 6.39. The molecule has 4 rings (SSSR count). The number of benzene rings is 1. The van der Waals surface area contributed by atoms with Crippen molar-refractivity contribution in [3.05, 3.63) is 47.8 Å². The Balaban J connectivity index is 1.89. The van der Waals surface area contributed by atoms with Crippen LogP contribution < -0.4 is 15.4 Å². The first kappa shape index (κ1) is 15.7. The number of aryl methyl sites for hydroxylation is 1. The molecule has 3 heterocycles. The molecule has 0 fully saturated rings. The first-order chi connectivity index (χ1) is 12.0. The number of amides is 1. The molecule has 128 valence electrons. The number of pyridine rings is 1. The summed E-state index contributed by atoms with van der Waals surface area (Å²) in [6.07, 6.45) is 1.56. The molecule has 6 nitrogen and oxygen atoms in total. The number of hydrogen-bond acceptors (Lipinski definition) is 4. The minimum Gasteiger partial charge on any atom is -0.479 e. The maximum atomic E-state index is 12.2. The van der Waals surface area contributed by atoms with Crippen molar-refractivity contribution in [2.45, 2.75) is 26.5 Å². The lowest BCUT2D eigenvalue weighted by Crippen LogP contribution is -2.41. The molecule has 0 saturated heterocycles. The molecule has 1 amide bonds. The van der Waals surface area contributed by atoms with Crippen molar-refractivity contribution < 1.29 is 9.53 Å². The summed E-state index contributed by atoms with van der Waals surface area (Å²) in [6.45, 7) is 4.17. The number of likely N-dealkylation sites (N-methyl/N-ethyl adjacent to an activating group) is 1. The van der Waals surface area contributed by atoms with E-state index in [0.717, 1.165) is 33.8 Å². The first-order valence-electron chi connectivity index (χ1n) is 8.26. The highest BCUT2D eigenvalue weighted by Crippen LogP contribution is 2.37. The summed E-state index contributed by atoms with van der Waals surface area (Å²) in [5.74, 6) is 0.640. The Bertz CT molecular complexity index is 992. The van der Waals surface area contributed by atoms with Crippen molar-refractivity contribution >= 4 is 17.2 Å². The third-order valence-corrected chi connectivity index (χ3v) is 4.63. The number of carbonyl (C=O) groups is 1. The van der Waals surface area contributed by atoms with Crippen molar-refractivity contribution in [2.75, 3.05) is 11.9 Å². The zero-order chi connectivity index (χ0) is 17.7. The fraction of sp³-hybridized carbons (Fsp3) is 0.263. The highest BCUT2D eigenvalue weighted by atomic mass is 16.5. The Morgan fingerprint density at radius 1 is 1.28 bits per heavy atom. The maximum absolute atomic E-state index is 12.2. The Labute approximate surface area is 145 Å². The van der Waals surface area contributed by atoms with Gasteiger partial charge in [0.05, 0.1) is 17.1 Å². The quantitative estimate of drug-likeness (QED) is 0.780. The van der Waals surface area contributed by atoms with Crippen molar-refractivity contribution in [1.82, 2.24) is 9.38 Å². The van der Waals surface area contributed by atoms with Gasteiger partial charge in [0.1, 0.15) is 11.4 Å². The first-order valence-corrected chi connectivity index (χ1v) is 8.26. The van der Waals surface area contributed by atoms with E-state index in [-0.39, 0.29) is 5.91 Å². The topological polar surface area (TPSA) is 72.9 Å². The molecule has 0 bridgehead atoms. The van der Waals surface area contributed by atoms with Gasteiger partial charge in [-0.25, -0.2) is 4.98 Å². The van der Waals surface area contributed by atoms with Crippen LogP contribution in [0.15, 0.2) is 36.5 Å². The highest BCUT2D eigenvalue weighted by Gasteiger charge is 2.29. The SMILES string of the molecule is Cc1ccc2nc(-c3ccc4c(c3)N(C)C(=O)C(C)O4)c(CN)n2c1. The molecule has 6 heteroatoms. The molecule has 0 spiro atoms. The van der Waals surface area contributed by atoms with Crippen LogP contribution in [0.25, 0.3) is 16.9 Å². The minimum atomic E-state index is -0.471. The molecule has 1 aliphatic heterocycles. The molecular weight excluding hydrogens is 316 g/mol. The number of imidazole rings is 1. The normalized spacial score (nSPS) is 16.9. The number of rotatable bonds is 2. The Kier molecular flexibility index (Phi) is 3.51. The van der Waals surface area contributed by atoms with E-state index < -0.39 is 6.10 Å². The number of nitrogens with zero attached hydrogens (tertiary/aromatic N) is 3. The van der Waals surface area contributed by atoms with E-state index in [0.29, 0.717) is 12.3 Å². The fourth-order valence-corrected chi connectivity index (χ4v) is 3.28. The summed E-state index contributed by atoms with van der Waals surface area (Å²) < 4.78 is 7.72. The van der Waals surface area contributed by atoms with Gasteiger partial charge in [-0.2, -0.15) is 0 Å². The smallest absolute Gasteiger partial charge is 0.267 e. The van der Waals surface area contributed by atoms with E-state index >= 15 is 0 Å². The number of anilines is 1. The summed E-state index contributed by atoms with van der Waals surface area (Å²) >= 11 is 0. The molecule has 1 unspecified atom stereocenters. The van der Waals surface area contributed by atoms with Crippen LogP contribution in [0.5, 0.6) is 5.75 Å². The minimum absolute atomic E-state index is 0.0608. The highest BCUT2D eigenvalue weighted by molar-refractivity contribution is 6.00. The Morgan fingerprint density at radius 2 is 2.08 bits per heavy atom. The molecule has 25 heavy (non-hydrogen) atoms. The van der Waals surface area contributed by atoms with Crippen LogP contribution in [-0.4, -0.2) is 28.4 Å². The lowest BCUT2D eigenvalue weighted by molar-refractivity contribution is -0.125. The van der Waals surface area contributed by atoms with Crippen molar-refractivity contribution in [3.8, 4) is 17.0 Å². The van der Waals surface area contributed by atoms with Crippen molar-refractivity contribution in [1.29, 1.82) is 0 Å². The van der Waals surface area contributed by atoms with Gasteiger partial charge in [-0.3, -0.25) is 4.79 Å². The van der Waals surface area contributed by atoms with Crippen LogP contribution in [0, 0.1) is 6.92 Å². The van der Waals surface area contributed by atoms with Gasteiger partial charge in [0.2, 0.25) is 0 Å². The van der Waals surface area contributed by atoms with E-state index in [1.807, 2.05) is 47.9 Å². The van der Waals surface area contributed by atoms with Crippen LogP contribution in [-0.2, 0) is 11.3 Å². The van der Waals surface area contributed by atoms with Crippen molar-refractivity contribution in [3.63, 3.8) is 0 Å². The predicted octanol–water partition coefficient (Wildman–Crippen LogP) is 2.51. The summed E-state index contributed by atoms with van der Waals surface area (Å²) in [5.41, 5.74) is 11.4. The average Bonchev–Trinajstić information content (AvgIpc) is 2.97. The summed E-state index contributed by atoms with van der Waals surface area (Å²) in [4.78, 5) is 18.6. The fourth-order valence-electron chi connectivity index (χ4n) is 3.28. The van der Waals surface area contributed by atoms with Gasteiger partial charge in [-0.1, -0.05) is 6.07 Å². The van der Waals surface area contributed by atoms with Gasteiger partial charge in [-0.05, 0) is 43.7 Å². The predicted molar refractivity (Wildman–Crippen MR) is 96.8 cm³/mol.